The summed E-state index contributed by atoms with van der Waals surface area (Å²) in [6.45, 7) is 1.94. The number of hydrogen-bond donors (Lipinski definition) is 0. The maximum atomic E-state index is 6.06. The molecule has 0 spiro atoms. The number of benzene rings is 1. The maximum Gasteiger partial charge on any atom is 0.136 e. The summed E-state index contributed by atoms with van der Waals surface area (Å²) in [6, 6.07) is 7.90. The Balaban J connectivity index is 2.25. The van der Waals surface area contributed by atoms with Gasteiger partial charge in [-0.05, 0) is 24.6 Å². The van der Waals surface area contributed by atoms with E-state index in [2.05, 4.69) is 9.97 Å². The Hall–Kier alpha value is -1.61. The van der Waals surface area contributed by atoms with Crippen LogP contribution in [0.1, 0.15) is 16.8 Å². The van der Waals surface area contributed by atoms with E-state index in [0.29, 0.717) is 5.15 Å². The number of aromatic nitrogens is 2. The molecule has 0 saturated heterocycles. The smallest absolute Gasteiger partial charge is 0.136 e. The second kappa shape index (κ2) is 5.15. The first-order chi connectivity index (χ1) is 8.20. The van der Waals surface area contributed by atoms with Gasteiger partial charge in [0, 0.05) is 17.7 Å². The van der Waals surface area contributed by atoms with Crippen LogP contribution in [-0.4, -0.2) is 17.1 Å². The lowest BCUT2D eigenvalue weighted by Crippen LogP contribution is -1.97. The highest BCUT2D eigenvalue weighted by molar-refractivity contribution is 6.30. The van der Waals surface area contributed by atoms with Crippen molar-refractivity contribution in [3.63, 3.8) is 0 Å². The van der Waals surface area contributed by atoms with Crippen LogP contribution in [0.2, 0.25) is 5.15 Å². The zero-order valence-electron chi connectivity index (χ0n) is 9.77. The van der Waals surface area contributed by atoms with E-state index in [1.54, 1.807) is 7.11 Å². The van der Waals surface area contributed by atoms with Crippen LogP contribution in [0.4, 0.5) is 0 Å². The highest BCUT2D eigenvalue weighted by Crippen LogP contribution is 2.20. The Labute approximate surface area is 105 Å². The molecule has 0 radical (unpaired) electrons. The van der Waals surface area contributed by atoms with E-state index in [1.807, 2.05) is 31.2 Å². The van der Waals surface area contributed by atoms with E-state index in [9.17, 15) is 0 Å². The number of rotatable bonds is 3. The number of aryl methyl sites for hydroxylation is 1. The van der Waals surface area contributed by atoms with Crippen molar-refractivity contribution in [3.8, 4) is 5.75 Å². The summed E-state index contributed by atoms with van der Waals surface area (Å²) in [5, 5.41) is 0.522. The number of ether oxygens (including phenoxy) is 1. The third-order valence-electron chi connectivity index (χ3n) is 2.65. The number of methoxy groups -OCH3 is 1. The van der Waals surface area contributed by atoms with Gasteiger partial charge in [0.1, 0.15) is 17.2 Å². The van der Waals surface area contributed by atoms with Gasteiger partial charge in [0.25, 0.3) is 0 Å². The molecule has 0 aliphatic heterocycles. The zero-order chi connectivity index (χ0) is 12.3. The topological polar surface area (TPSA) is 35.0 Å². The third-order valence-corrected chi connectivity index (χ3v) is 2.97. The van der Waals surface area contributed by atoms with E-state index in [-0.39, 0.29) is 0 Å². The summed E-state index contributed by atoms with van der Waals surface area (Å²) in [5.74, 6) is 0.848. The minimum atomic E-state index is 0.522. The van der Waals surface area contributed by atoms with Crippen molar-refractivity contribution in [2.75, 3.05) is 7.11 Å². The Morgan fingerprint density at radius 3 is 2.47 bits per heavy atom. The predicted molar refractivity (Wildman–Crippen MR) is 67.6 cm³/mol. The van der Waals surface area contributed by atoms with Gasteiger partial charge in [-0.1, -0.05) is 23.7 Å². The SMILES string of the molecule is COc1ccc(Cc2c(C)ncnc2Cl)cc1. The van der Waals surface area contributed by atoms with Gasteiger partial charge in [0.05, 0.1) is 7.11 Å². The number of nitrogens with zero attached hydrogens (tertiary/aromatic N) is 2. The minimum Gasteiger partial charge on any atom is -0.497 e. The largest absolute Gasteiger partial charge is 0.497 e. The molecule has 1 aromatic carbocycles. The average molecular weight is 249 g/mol. The zero-order valence-corrected chi connectivity index (χ0v) is 10.5. The van der Waals surface area contributed by atoms with Crippen LogP contribution in [0.3, 0.4) is 0 Å². The minimum absolute atomic E-state index is 0.522. The fraction of sp³-hybridized carbons (Fsp3) is 0.231. The van der Waals surface area contributed by atoms with Crippen LogP contribution >= 0.6 is 11.6 Å². The Bertz CT molecular complexity index is 491. The van der Waals surface area contributed by atoms with Crippen molar-refractivity contribution < 1.29 is 4.74 Å². The molecular formula is C13H13ClN2O. The summed E-state index contributed by atoms with van der Waals surface area (Å²) in [5.41, 5.74) is 3.05. The average Bonchev–Trinajstić information content (AvgIpc) is 2.35. The lowest BCUT2D eigenvalue weighted by Gasteiger charge is -2.07. The second-order valence-electron chi connectivity index (χ2n) is 3.75. The van der Waals surface area contributed by atoms with Crippen molar-refractivity contribution in [2.45, 2.75) is 13.3 Å². The molecule has 0 amide bonds. The van der Waals surface area contributed by atoms with Crippen LogP contribution in [-0.2, 0) is 6.42 Å². The summed E-state index contributed by atoms with van der Waals surface area (Å²) >= 11 is 6.06. The summed E-state index contributed by atoms with van der Waals surface area (Å²) in [7, 11) is 1.65. The van der Waals surface area contributed by atoms with Crippen molar-refractivity contribution in [2.24, 2.45) is 0 Å². The fourth-order valence-corrected chi connectivity index (χ4v) is 1.87. The Kier molecular flexibility index (Phi) is 3.59. The van der Waals surface area contributed by atoms with Crippen molar-refractivity contribution >= 4 is 11.6 Å². The molecule has 0 aliphatic rings. The monoisotopic (exact) mass is 248 g/mol. The van der Waals surface area contributed by atoms with E-state index in [0.717, 1.165) is 29.0 Å². The lowest BCUT2D eigenvalue weighted by molar-refractivity contribution is 0.414. The normalized spacial score (nSPS) is 10.3. The molecule has 1 heterocycles. The summed E-state index contributed by atoms with van der Waals surface area (Å²) in [6.07, 6.45) is 2.21. The summed E-state index contributed by atoms with van der Waals surface area (Å²) < 4.78 is 5.12. The molecule has 0 saturated carbocycles. The quantitative estimate of drug-likeness (QED) is 0.783. The lowest BCUT2D eigenvalue weighted by atomic mass is 10.1. The molecule has 2 rings (SSSR count). The first kappa shape index (κ1) is 11.9. The van der Waals surface area contributed by atoms with Crippen LogP contribution in [0.15, 0.2) is 30.6 Å². The molecule has 0 aliphatic carbocycles. The first-order valence-electron chi connectivity index (χ1n) is 5.29. The van der Waals surface area contributed by atoms with Crippen molar-refractivity contribution in [3.05, 3.63) is 52.6 Å². The van der Waals surface area contributed by atoms with Gasteiger partial charge in [-0.2, -0.15) is 0 Å². The molecule has 3 nitrogen and oxygen atoms in total. The highest BCUT2D eigenvalue weighted by Gasteiger charge is 2.07. The first-order valence-corrected chi connectivity index (χ1v) is 5.67. The van der Waals surface area contributed by atoms with Crippen molar-refractivity contribution in [1.29, 1.82) is 0 Å². The molecule has 88 valence electrons. The van der Waals surface area contributed by atoms with Crippen LogP contribution in [0.25, 0.3) is 0 Å². The Morgan fingerprint density at radius 2 is 1.88 bits per heavy atom. The summed E-state index contributed by atoms with van der Waals surface area (Å²) in [4.78, 5) is 8.15. The number of hydrogen-bond acceptors (Lipinski definition) is 3. The van der Waals surface area contributed by atoms with Gasteiger partial charge in [0.2, 0.25) is 0 Å². The fourth-order valence-electron chi connectivity index (χ4n) is 1.62. The van der Waals surface area contributed by atoms with E-state index >= 15 is 0 Å². The van der Waals surface area contributed by atoms with E-state index in [4.69, 9.17) is 16.3 Å². The van der Waals surface area contributed by atoms with Gasteiger partial charge in [-0.25, -0.2) is 9.97 Å². The highest BCUT2D eigenvalue weighted by atomic mass is 35.5. The molecule has 17 heavy (non-hydrogen) atoms. The van der Waals surface area contributed by atoms with E-state index in [1.165, 1.54) is 6.33 Å². The van der Waals surface area contributed by atoms with Crippen molar-refractivity contribution in [1.82, 2.24) is 9.97 Å². The molecule has 0 atom stereocenters. The van der Waals surface area contributed by atoms with Gasteiger partial charge in [0.15, 0.2) is 0 Å². The van der Waals surface area contributed by atoms with Gasteiger partial charge in [-0.15, -0.1) is 0 Å². The molecule has 4 heteroatoms. The molecular weight excluding hydrogens is 236 g/mol. The molecule has 0 N–H and O–H groups in total. The van der Waals surface area contributed by atoms with Crippen LogP contribution in [0, 0.1) is 6.92 Å². The van der Waals surface area contributed by atoms with Gasteiger partial charge < -0.3 is 4.74 Å². The number of halogens is 1. The second-order valence-corrected chi connectivity index (χ2v) is 4.11. The standard InChI is InChI=1S/C13H13ClN2O/c1-9-12(13(14)16-8-15-9)7-10-3-5-11(17-2)6-4-10/h3-6,8H,7H2,1-2H3. The van der Waals surface area contributed by atoms with Crippen LogP contribution < -0.4 is 4.74 Å². The van der Waals surface area contributed by atoms with E-state index < -0.39 is 0 Å². The van der Waals surface area contributed by atoms with Gasteiger partial charge >= 0.3 is 0 Å². The molecule has 1 aromatic heterocycles. The molecule has 0 unspecified atom stereocenters. The maximum absolute atomic E-state index is 6.06. The van der Waals surface area contributed by atoms with Gasteiger partial charge in [-0.3, -0.25) is 0 Å². The molecule has 0 bridgehead atoms. The Morgan fingerprint density at radius 1 is 1.18 bits per heavy atom. The van der Waals surface area contributed by atoms with Crippen LogP contribution in [0.5, 0.6) is 5.75 Å². The predicted octanol–water partition coefficient (Wildman–Crippen LogP) is 3.04. The third kappa shape index (κ3) is 2.74. The molecule has 0 fully saturated rings. The molecule has 2 aromatic rings.